The van der Waals surface area contributed by atoms with Gasteiger partial charge >= 0.3 is 0 Å². The molecule has 2 amide bonds. The molecule has 3 rings (SSSR count). The summed E-state index contributed by atoms with van der Waals surface area (Å²) < 4.78 is 17.5. The van der Waals surface area contributed by atoms with Crippen LogP contribution < -0.4 is 20.1 Å². The van der Waals surface area contributed by atoms with Crippen molar-refractivity contribution in [1.82, 2.24) is 30.8 Å². The van der Waals surface area contributed by atoms with Gasteiger partial charge in [-0.05, 0) is 28.1 Å². The lowest BCUT2D eigenvalue weighted by molar-refractivity contribution is -0.148. The minimum Gasteiger partial charge on any atom is -0.493 e. The van der Waals surface area contributed by atoms with Crippen molar-refractivity contribution >= 4 is 18.3 Å². The molecule has 2 aromatic rings. The van der Waals surface area contributed by atoms with Crippen molar-refractivity contribution in [3.05, 3.63) is 30.1 Å². The van der Waals surface area contributed by atoms with Crippen molar-refractivity contribution in [3.8, 4) is 11.5 Å². The molecule has 0 spiro atoms. The summed E-state index contributed by atoms with van der Waals surface area (Å²) >= 11 is 0. The predicted octanol–water partition coefficient (Wildman–Crippen LogP) is -1.24. The maximum absolute atomic E-state index is 12.6. The lowest BCUT2D eigenvalue weighted by Gasteiger charge is -2.32. The first-order valence-electron chi connectivity index (χ1n) is 8.73. The molecule has 13 nitrogen and oxygen atoms in total. The second-order valence-corrected chi connectivity index (χ2v) is 5.86. The molecule has 0 saturated carbocycles. The molecule has 1 aliphatic heterocycles. The SMILES string of the molecule is COc1ccc([C@H]2NC(=O)CO[C@@H]2C(=O)NCCn2cnnn2)cc1OC.O=CO. The van der Waals surface area contributed by atoms with Crippen LogP contribution in [0.5, 0.6) is 11.5 Å². The van der Waals surface area contributed by atoms with Crippen LogP contribution in [0.1, 0.15) is 11.6 Å². The number of hydrogen-bond acceptors (Lipinski definition) is 9. The minimum atomic E-state index is -0.880. The first-order chi connectivity index (χ1) is 14.5. The molecule has 1 fully saturated rings. The number of nitrogens with one attached hydrogen (secondary N) is 2. The number of methoxy groups -OCH3 is 2. The van der Waals surface area contributed by atoms with E-state index < -0.39 is 12.1 Å². The van der Waals surface area contributed by atoms with Crippen molar-refractivity contribution in [2.24, 2.45) is 0 Å². The number of amides is 2. The fourth-order valence-corrected chi connectivity index (χ4v) is 2.76. The van der Waals surface area contributed by atoms with Crippen molar-refractivity contribution < 1.29 is 33.7 Å². The smallest absolute Gasteiger partial charge is 0.290 e. The Kier molecular flexibility index (Phi) is 8.50. The fraction of sp³-hybridized carbons (Fsp3) is 0.412. The number of rotatable bonds is 7. The average molecular weight is 422 g/mol. The zero-order valence-electron chi connectivity index (χ0n) is 16.3. The Morgan fingerprint density at radius 1 is 1.40 bits per heavy atom. The van der Waals surface area contributed by atoms with Crippen molar-refractivity contribution in [3.63, 3.8) is 0 Å². The highest BCUT2D eigenvalue weighted by molar-refractivity contribution is 5.86. The topological polar surface area (TPSA) is 167 Å². The van der Waals surface area contributed by atoms with E-state index in [1.165, 1.54) is 25.2 Å². The number of benzene rings is 1. The second-order valence-electron chi connectivity index (χ2n) is 5.86. The third kappa shape index (κ3) is 5.88. The molecule has 0 aliphatic carbocycles. The highest BCUT2D eigenvalue weighted by Gasteiger charge is 2.36. The lowest BCUT2D eigenvalue weighted by atomic mass is 9.98. The van der Waals surface area contributed by atoms with E-state index in [1.54, 1.807) is 18.2 Å². The van der Waals surface area contributed by atoms with Crippen molar-refractivity contribution in [1.29, 1.82) is 0 Å². The maximum atomic E-state index is 12.6. The van der Waals surface area contributed by atoms with E-state index in [9.17, 15) is 9.59 Å². The van der Waals surface area contributed by atoms with Crippen LogP contribution in [0.4, 0.5) is 0 Å². The highest BCUT2D eigenvalue weighted by atomic mass is 16.5. The molecule has 13 heteroatoms. The van der Waals surface area contributed by atoms with Crippen LogP contribution in [-0.4, -0.2) is 77.1 Å². The summed E-state index contributed by atoms with van der Waals surface area (Å²) in [6.45, 7) is 0.296. The number of hydrogen-bond donors (Lipinski definition) is 3. The normalized spacial score (nSPS) is 17.7. The molecule has 30 heavy (non-hydrogen) atoms. The molecule has 1 aliphatic rings. The van der Waals surface area contributed by atoms with Crippen LogP contribution in [-0.2, 0) is 25.7 Å². The molecule has 1 aromatic carbocycles. The summed E-state index contributed by atoms with van der Waals surface area (Å²) in [5.41, 5.74) is 0.668. The van der Waals surface area contributed by atoms with Gasteiger partial charge in [-0.1, -0.05) is 6.07 Å². The maximum Gasteiger partial charge on any atom is 0.290 e. The summed E-state index contributed by atoms with van der Waals surface area (Å²) in [5.74, 6) is 0.398. The number of aromatic nitrogens is 4. The molecule has 2 heterocycles. The summed E-state index contributed by atoms with van der Waals surface area (Å²) in [7, 11) is 3.05. The molecule has 1 saturated heterocycles. The molecular formula is C17H22N6O7. The molecule has 0 radical (unpaired) electrons. The molecule has 0 unspecified atom stereocenters. The third-order valence-electron chi connectivity index (χ3n) is 4.07. The Bertz CT molecular complexity index is 845. The third-order valence-corrected chi connectivity index (χ3v) is 4.07. The number of tetrazole rings is 1. The molecule has 3 N–H and O–H groups in total. The average Bonchev–Trinajstić information content (AvgIpc) is 3.27. The lowest BCUT2D eigenvalue weighted by Crippen LogP contribution is -2.52. The number of carbonyl (C=O) groups is 3. The van der Waals surface area contributed by atoms with Gasteiger partial charge in [0.15, 0.2) is 17.6 Å². The molecule has 1 aromatic heterocycles. The minimum absolute atomic E-state index is 0.186. The Hall–Kier alpha value is -3.74. The van der Waals surface area contributed by atoms with Gasteiger partial charge in [0.05, 0.1) is 26.8 Å². The summed E-state index contributed by atoms with van der Waals surface area (Å²) in [4.78, 5) is 32.8. The van der Waals surface area contributed by atoms with Crippen LogP contribution in [0.2, 0.25) is 0 Å². The van der Waals surface area contributed by atoms with E-state index in [0.717, 1.165) is 0 Å². The van der Waals surface area contributed by atoms with Crippen molar-refractivity contribution in [2.75, 3.05) is 27.4 Å². The van der Waals surface area contributed by atoms with Crippen LogP contribution in [0.25, 0.3) is 0 Å². The van der Waals surface area contributed by atoms with Gasteiger partial charge in [-0.25, -0.2) is 4.68 Å². The summed E-state index contributed by atoms with van der Waals surface area (Å²) in [6, 6.07) is 4.52. The van der Waals surface area contributed by atoms with Gasteiger partial charge in [0.2, 0.25) is 5.91 Å². The van der Waals surface area contributed by atoms with Crippen LogP contribution in [0, 0.1) is 0 Å². The number of carboxylic acid groups (broad SMARTS) is 1. The molecule has 162 valence electrons. The van der Waals surface area contributed by atoms with Crippen molar-refractivity contribution in [2.45, 2.75) is 18.7 Å². The molecule has 0 bridgehead atoms. The Morgan fingerprint density at radius 3 is 2.77 bits per heavy atom. The predicted molar refractivity (Wildman–Crippen MR) is 99.7 cm³/mol. The monoisotopic (exact) mass is 422 g/mol. The Labute approximate surface area is 171 Å². The van der Waals surface area contributed by atoms with Crippen LogP contribution in [0.15, 0.2) is 24.5 Å². The summed E-state index contributed by atoms with van der Waals surface area (Å²) in [5, 5.41) is 23.2. The van der Waals surface area contributed by atoms with E-state index in [1.807, 2.05) is 0 Å². The Morgan fingerprint density at radius 2 is 2.13 bits per heavy atom. The Balaban J connectivity index is 0.00000101. The fourth-order valence-electron chi connectivity index (χ4n) is 2.76. The molecule has 2 atom stereocenters. The van der Waals surface area contributed by atoms with E-state index in [4.69, 9.17) is 24.1 Å². The van der Waals surface area contributed by atoms with E-state index in [-0.39, 0.29) is 24.9 Å². The quantitative estimate of drug-likeness (QED) is 0.459. The number of nitrogens with zero attached hydrogens (tertiary/aromatic N) is 4. The summed E-state index contributed by atoms with van der Waals surface area (Å²) in [6.07, 6.45) is 0.574. The zero-order chi connectivity index (χ0) is 21.9. The van der Waals surface area contributed by atoms with Gasteiger partial charge in [-0.15, -0.1) is 5.10 Å². The van der Waals surface area contributed by atoms with Crippen LogP contribution in [0.3, 0.4) is 0 Å². The standard InChI is InChI=1S/C16H20N6O5.CH2O2/c1-25-11-4-3-10(7-12(11)26-2)14-15(27-8-13(23)19-14)16(24)17-5-6-22-9-18-20-21-22;2-1-3/h3-4,7,9,14-15H,5-6,8H2,1-2H3,(H,17,24)(H,19,23);1H,(H,2,3)/t14-,15+;/m1./s1. The largest absolute Gasteiger partial charge is 0.493 e. The van der Waals surface area contributed by atoms with E-state index in [0.29, 0.717) is 30.2 Å². The highest BCUT2D eigenvalue weighted by Crippen LogP contribution is 2.32. The van der Waals surface area contributed by atoms with Gasteiger partial charge in [-0.3, -0.25) is 14.4 Å². The van der Waals surface area contributed by atoms with Gasteiger partial charge < -0.3 is 30.0 Å². The number of ether oxygens (including phenoxy) is 3. The van der Waals surface area contributed by atoms with E-state index >= 15 is 0 Å². The zero-order valence-corrected chi connectivity index (χ0v) is 16.3. The van der Waals surface area contributed by atoms with Gasteiger partial charge in [-0.2, -0.15) is 0 Å². The second kappa shape index (κ2) is 11.3. The first kappa shape index (κ1) is 22.5. The van der Waals surface area contributed by atoms with Gasteiger partial charge in [0, 0.05) is 6.54 Å². The first-order valence-corrected chi connectivity index (χ1v) is 8.73. The number of carbonyl (C=O) groups excluding carboxylic acids is 2. The van der Waals surface area contributed by atoms with Gasteiger partial charge in [0.25, 0.3) is 12.4 Å². The van der Waals surface area contributed by atoms with Gasteiger partial charge in [0.1, 0.15) is 12.9 Å². The number of morpholine rings is 1. The molecular weight excluding hydrogens is 400 g/mol. The van der Waals surface area contributed by atoms with Crippen LogP contribution >= 0.6 is 0 Å². The van der Waals surface area contributed by atoms with E-state index in [2.05, 4.69) is 26.2 Å².